The number of ether oxygens (including phenoxy) is 1. The number of carbonyl (C=O) groups excluding carboxylic acids is 1. The van der Waals surface area contributed by atoms with Crippen LogP contribution in [0.4, 0.5) is 0 Å². The Kier molecular flexibility index (Phi) is 5.64. The molecule has 0 radical (unpaired) electrons. The van der Waals surface area contributed by atoms with E-state index in [0.29, 0.717) is 37.0 Å². The Morgan fingerprint density at radius 3 is 2.54 bits per heavy atom. The van der Waals surface area contributed by atoms with E-state index in [9.17, 15) is 13.2 Å². The van der Waals surface area contributed by atoms with E-state index in [1.807, 2.05) is 0 Å². The number of carbonyl (C=O) groups is 1. The van der Waals surface area contributed by atoms with Gasteiger partial charge in [0, 0.05) is 26.2 Å². The lowest BCUT2D eigenvalue weighted by atomic mass is 9.98. The van der Waals surface area contributed by atoms with Crippen LogP contribution in [0.25, 0.3) is 11.0 Å². The number of sulfonamides is 1. The lowest BCUT2D eigenvalue weighted by Crippen LogP contribution is -2.42. The van der Waals surface area contributed by atoms with Gasteiger partial charge < -0.3 is 9.64 Å². The van der Waals surface area contributed by atoms with Gasteiger partial charge in [-0.05, 0) is 44.9 Å². The van der Waals surface area contributed by atoms with Crippen LogP contribution in [0.2, 0.25) is 0 Å². The predicted molar refractivity (Wildman–Crippen MR) is 106 cm³/mol. The molecular weight excluding hydrogens is 400 g/mol. The summed E-state index contributed by atoms with van der Waals surface area (Å²) in [4.78, 5) is 14.9. The summed E-state index contributed by atoms with van der Waals surface area (Å²) < 4.78 is 41.5. The molecule has 2 aliphatic rings. The first-order chi connectivity index (χ1) is 13.4. The predicted octanol–water partition coefficient (Wildman–Crippen LogP) is 1.73. The first kappa shape index (κ1) is 19.7. The van der Waals surface area contributed by atoms with Crippen LogP contribution in [0.15, 0.2) is 23.1 Å². The number of likely N-dealkylation sites (tertiary alicyclic amines) is 1. The average Bonchev–Trinajstić information content (AvgIpc) is 3.18. The van der Waals surface area contributed by atoms with Crippen LogP contribution in [0.5, 0.6) is 0 Å². The monoisotopic (exact) mass is 424 g/mol. The maximum atomic E-state index is 13.1. The number of fused-ring (bicyclic) bond motifs is 1. The minimum Gasteiger partial charge on any atom is -0.462 e. The quantitative estimate of drug-likeness (QED) is 0.690. The zero-order valence-corrected chi connectivity index (χ0v) is 17.4. The summed E-state index contributed by atoms with van der Waals surface area (Å²) in [7, 11) is -1.60. The van der Waals surface area contributed by atoms with E-state index in [4.69, 9.17) is 4.74 Å². The zero-order chi connectivity index (χ0) is 19.7. The Hall–Kier alpha value is -1.62. The van der Waals surface area contributed by atoms with Crippen LogP contribution in [-0.4, -0.2) is 71.7 Å². The van der Waals surface area contributed by atoms with E-state index in [-0.39, 0.29) is 22.9 Å². The van der Waals surface area contributed by atoms with Crippen molar-refractivity contribution in [3.8, 4) is 0 Å². The van der Waals surface area contributed by atoms with Crippen LogP contribution in [0.3, 0.4) is 0 Å². The molecule has 8 nitrogen and oxygen atoms in total. The summed E-state index contributed by atoms with van der Waals surface area (Å²) >= 11 is 1.00. The summed E-state index contributed by atoms with van der Waals surface area (Å²) in [6.07, 6.45) is 2.68. The highest BCUT2D eigenvalue weighted by Crippen LogP contribution is 2.29. The number of piperidine rings is 2. The molecule has 10 heteroatoms. The zero-order valence-electron chi connectivity index (χ0n) is 15.8. The Morgan fingerprint density at radius 2 is 1.82 bits per heavy atom. The molecule has 0 spiro atoms. The van der Waals surface area contributed by atoms with Gasteiger partial charge in [0.2, 0.25) is 10.0 Å². The summed E-state index contributed by atoms with van der Waals surface area (Å²) in [6.45, 7) is 2.49. The number of hydrogen-bond acceptors (Lipinski definition) is 8. The molecule has 4 rings (SSSR count). The van der Waals surface area contributed by atoms with Gasteiger partial charge in [0.25, 0.3) is 0 Å². The van der Waals surface area contributed by atoms with Crippen molar-refractivity contribution in [2.24, 2.45) is 5.92 Å². The van der Waals surface area contributed by atoms with Gasteiger partial charge in [0.1, 0.15) is 22.0 Å². The third-order valence-electron chi connectivity index (χ3n) is 5.60. The Morgan fingerprint density at radius 1 is 1.11 bits per heavy atom. The number of nitrogens with zero attached hydrogens (tertiary/aromatic N) is 4. The highest BCUT2D eigenvalue weighted by atomic mass is 32.2. The van der Waals surface area contributed by atoms with Gasteiger partial charge in [-0.1, -0.05) is 6.07 Å². The van der Waals surface area contributed by atoms with Gasteiger partial charge in [-0.25, -0.2) is 8.42 Å². The van der Waals surface area contributed by atoms with Crippen LogP contribution in [-0.2, 0) is 19.6 Å². The second-order valence-electron chi connectivity index (χ2n) is 7.51. The Bertz CT molecular complexity index is 945. The van der Waals surface area contributed by atoms with E-state index in [1.165, 1.54) is 4.31 Å². The lowest BCUT2D eigenvalue weighted by Gasteiger charge is -2.32. The number of esters is 1. The van der Waals surface area contributed by atoms with Crippen molar-refractivity contribution in [2.75, 3.05) is 33.2 Å². The van der Waals surface area contributed by atoms with Crippen molar-refractivity contribution in [3.05, 3.63) is 18.2 Å². The second kappa shape index (κ2) is 8.02. The number of hydrogen-bond donors (Lipinski definition) is 0. The van der Waals surface area contributed by atoms with Gasteiger partial charge in [-0.2, -0.15) is 13.1 Å². The maximum Gasteiger partial charge on any atom is 0.309 e. The van der Waals surface area contributed by atoms with Crippen LogP contribution in [0, 0.1) is 5.92 Å². The largest absolute Gasteiger partial charge is 0.462 e. The molecule has 152 valence electrons. The van der Waals surface area contributed by atoms with Gasteiger partial charge in [0.05, 0.1) is 17.6 Å². The standard InChI is InChI=1S/C18H24N4O4S2/c1-21-9-7-14(8-10-21)26-18(23)13-5-11-22(12-6-13)28(24,25)16-4-2-3-15-17(16)20-27-19-15/h2-4,13-14H,5-12H2,1H3. The summed E-state index contributed by atoms with van der Waals surface area (Å²) in [5, 5.41) is 0. The van der Waals surface area contributed by atoms with Crippen LogP contribution >= 0.6 is 11.7 Å². The average molecular weight is 425 g/mol. The van der Waals surface area contributed by atoms with Crippen molar-refractivity contribution in [1.29, 1.82) is 0 Å². The number of aromatic nitrogens is 2. The highest BCUT2D eigenvalue weighted by Gasteiger charge is 2.35. The maximum absolute atomic E-state index is 13.1. The normalized spacial score (nSPS) is 21.2. The molecular formula is C18H24N4O4S2. The van der Waals surface area contributed by atoms with E-state index >= 15 is 0 Å². The van der Waals surface area contributed by atoms with Gasteiger partial charge in [-0.3, -0.25) is 4.79 Å². The smallest absolute Gasteiger partial charge is 0.309 e. The number of benzene rings is 1. The van der Waals surface area contributed by atoms with Crippen molar-refractivity contribution >= 4 is 38.8 Å². The van der Waals surface area contributed by atoms with Gasteiger partial charge in [0.15, 0.2) is 0 Å². The molecule has 1 aromatic heterocycles. The minimum absolute atomic E-state index is 0.0137. The Labute approximate surface area is 168 Å². The molecule has 2 aliphatic heterocycles. The lowest BCUT2D eigenvalue weighted by molar-refractivity contribution is -0.157. The van der Waals surface area contributed by atoms with Crippen LogP contribution in [0.1, 0.15) is 25.7 Å². The summed E-state index contributed by atoms with van der Waals surface area (Å²) in [5.74, 6) is -0.416. The molecule has 28 heavy (non-hydrogen) atoms. The van der Waals surface area contributed by atoms with Gasteiger partial charge in [-0.15, -0.1) is 0 Å². The van der Waals surface area contributed by atoms with Crippen molar-refractivity contribution in [3.63, 3.8) is 0 Å². The topological polar surface area (TPSA) is 92.7 Å². The van der Waals surface area contributed by atoms with E-state index < -0.39 is 10.0 Å². The first-order valence-electron chi connectivity index (χ1n) is 9.55. The van der Waals surface area contributed by atoms with Crippen LogP contribution < -0.4 is 0 Å². The summed E-state index contributed by atoms with van der Waals surface area (Å²) in [6, 6.07) is 5.00. The highest BCUT2D eigenvalue weighted by molar-refractivity contribution is 7.89. The summed E-state index contributed by atoms with van der Waals surface area (Å²) in [5.41, 5.74) is 0.999. The fourth-order valence-corrected chi connectivity index (χ4v) is 6.05. The molecule has 2 saturated heterocycles. The third kappa shape index (κ3) is 3.91. The molecule has 0 unspecified atom stereocenters. The van der Waals surface area contributed by atoms with E-state index in [0.717, 1.165) is 37.7 Å². The molecule has 0 atom stereocenters. The Balaban J connectivity index is 1.38. The van der Waals surface area contributed by atoms with Gasteiger partial charge >= 0.3 is 5.97 Å². The van der Waals surface area contributed by atoms with E-state index in [2.05, 4.69) is 20.7 Å². The second-order valence-corrected chi connectivity index (χ2v) is 9.94. The third-order valence-corrected chi connectivity index (χ3v) is 8.08. The SMILES string of the molecule is CN1CCC(OC(=O)C2CCN(S(=O)(=O)c3cccc4nsnc34)CC2)CC1. The molecule has 2 fully saturated rings. The van der Waals surface area contributed by atoms with Crippen molar-refractivity contribution in [2.45, 2.75) is 36.7 Å². The molecule has 0 bridgehead atoms. The first-order valence-corrected chi connectivity index (χ1v) is 11.7. The number of rotatable bonds is 4. The fraction of sp³-hybridized carbons (Fsp3) is 0.611. The molecule has 0 amide bonds. The molecule has 0 N–H and O–H groups in total. The molecule has 0 saturated carbocycles. The molecule has 1 aromatic carbocycles. The van der Waals surface area contributed by atoms with E-state index in [1.54, 1.807) is 18.2 Å². The fourth-order valence-electron chi connectivity index (χ4n) is 3.82. The molecule has 3 heterocycles. The molecule has 0 aliphatic carbocycles. The van der Waals surface area contributed by atoms with Crippen molar-refractivity contribution in [1.82, 2.24) is 18.0 Å². The minimum atomic E-state index is -3.66. The molecule has 2 aromatic rings. The van der Waals surface area contributed by atoms with Crippen molar-refractivity contribution < 1.29 is 17.9 Å².